The lowest BCUT2D eigenvalue weighted by Crippen LogP contribution is -2.32. The Bertz CT molecular complexity index is 974. The van der Waals surface area contributed by atoms with Crippen molar-refractivity contribution in [1.29, 1.82) is 0 Å². The lowest BCUT2D eigenvalue weighted by atomic mass is 10.1. The van der Waals surface area contributed by atoms with Crippen molar-refractivity contribution in [3.05, 3.63) is 52.3 Å². The molecule has 9 heteroatoms. The number of rotatable bonds is 9. The fourth-order valence-electron chi connectivity index (χ4n) is 3.38. The second-order valence-corrected chi connectivity index (χ2v) is 14.5. The number of hydrogen-bond donors (Lipinski definition) is 0. The zero-order valence-electron chi connectivity index (χ0n) is 18.7. The van der Waals surface area contributed by atoms with E-state index >= 15 is 0 Å². The summed E-state index contributed by atoms with van der Waals surface area (Å²) >= 11 is 0. The number of carbonyl (C=O) groups is 3. The number of aryl methyl sites for hydroxylation is 1. The highest BCUT2D eigenvalue weighted by Crippen LogP contribution is 2.23. The molecule has 0 saturated carbocycles. The smallest absolute Gasteiger partial charge is 0.333 e. The summed E-state index contributed by atoms with van der Waals surface area (Å²) in [6.07, 6.45) is 0.422. The van der Waals surface area contributed by atoms with Crippen LogP contribution in [0.4, 0.5) is 0 Å². The molecule has 0 N–H and O–H groups in total. The highest BCUT2D eigenvalue weighted by molar-refractivity contribution is 6.76. The summed E-state index contributed by atoms with van der Waals surface area (Å²) < 4.78 is 7.57. The Labute approximate surface area is 183 Å². The summed E-state index contributed by atoms with van der Waals surface area (Å²) in [6, 6.07) is 7.48. The molecule has 0 spiro atoms. The fraction of sp³-hybridized carbons (Fsp3) is 0.455. The number of carbonyl (C=O) groups excluding carboxylic acids is 3. The SMILES string of the molecule is Cc1nn(COCC[Si](C)(C)C)c(C)c1CCC(=O)ON1C(=O)c2ccccc2C1=O. The number of hydroxylamine groups is 2. The van der Waals surface area contributed by atoms with Crippen molar-refractivity contribution < 1.29 is 24.0 Å². The van der Waals surface area contributed by atoms with Gasteiger partial charge in [0, 0.05) is 20.4 Å². The molecule has 166 valence electrons. The van der Waals surface area contributed by atoms with Gasteiger partial charge in [-0.25, -0.2) is 9.48 Å². The summed E-state index contributed by atoms with van der Waals surface area (Å²) in [5, 5.41) is 5.05. The van der Waals surface area contributed by atoms with Crippen LogP contribution in [0.25, 0.3) is 0 Å². The number of nitrogens with zero attached hydrogens (tertiary/aromatic N) is 3. The van der Waals surface area contributed by atoms with Crippen molar-refractivity contribution in [1.82, 2.24) is 14.8 Å². The maximum atomic E-state index is 12.3. The third-order valence-electron chi connectivity index (χ3n) is 5.27. The van der Waals surface area contributed by atoms with Gasteiger partial charge in [0.2, 0.25) is 0 Å². The normalized spacial score (nSPS) is 13.6. The molecular formula is C22H29N3O5Si. The molecule has 1 aliphatic rings. The van der Waals surface area contributed by atoms with Gasteiger partial charge in [0.25, 0.3) is 11.8 Å². The number of aromatic nitrogens is 2. The Morgan fingerprint density at radius 3 is 2.26 bits per heavy atom. The maximum Gasteiger partial charge on any atom is 0.333 e. The van der Waals surface area contributed by atoms with E-state index in [0.717, 1.165) is 23.0 Å². The van der Waals surface area contributed by atoms with E-state index in [0.29, 0.717) is 24.8 Å². The molecule has 1 aromatic carbocycles. The molecule has 0 aliphatic carbocycles. The van der Waals surface area contributed by atoms with Crippen molar-refractivity contribution >= 4 is 25.9 Å². The molecule has 2 heterocycles. The quantitative estimate of drug-likeness (QED) is 0.335. The van der Waals surface area contributed by atoms with Crippen LogP contribution in [0, 0.1) is 13.8 Å². The van der Waals surface area contributed by atoms with Gasteiger partial charge in [0.15, 0.2) is 0 Å². The molecule has 31 heavy (non-hydrogen) atoms. The van der Waals surface area contributed by atoms with Crippen LogP contribution in [0.2, 0.25) is 25.7 Å². The van der Waals surface area contributed by atoms with E-state index in [9.17, 15) is 14.4 Å². The molecule has 0 bridgehead atoms. The van der Waals surface area contributed by atoms with Crippen LogP contribution < -0.4 is 0 Å². The van der Waals surface area contributed by atoms with Gasteiger partial charge in [-0.15, -0.1) is 0 Å². The predicted molar refractivity (Wildman–Crippen MR) is 117 cm³/mol. The molecule has 3 rings (SSSR count). The highest BCUT2D eigenvalue weighted by Gasteiger charge is 2.38. The van der Waals surface area contributed by atoms with Crippen molar-refractivity contribution in [2.24, 2.45) is 0 Å². The van der Waals surface area contributed by atoms with Gasteiger partial charge >= 0.3 is 5.97 Å². The molecule has 0 radical (unpaired) electrons. The molecule has 2 aromatic rings. The minimum Gasteiger partial charge on any atom is -0.360 e. The minimum absolute atomic E-state index is 0.0251. The lowest BCUT2D eigenvalue weighted by molar-refractivity contribution is -0.168. The standard InChI is InChI=1S/C22H29N3O5Si/c1-15-17(16(2)24(23-15)14-29-12-13-31(3,4)5)10-11-20(26)30-25-21(27)18-8-6-7-9-19(18)22(25)28/h6-9H,10-14H2,1-5H3. The van der Waals surface area contributed by atoms with Crippen molar-refractivity contribution in [3.8, 4) is 0 Å². The zero-order chi connectivity index (χ0) is 22.8. The number of ether oxygens (including phenoxy) is 1. The molecule has 0 saturated heterocycles. The molecule has 2 amide bonds. The van der Waals surface area contributed by atoms with Gasteiger partial charge in [-0.2, -0.15) is 5.10 Å². The fourth-order valence-corrected chi connectivity index (χ4v) is 4.13. The molecule has 1 aliphatic heterocycles. The Kier molecular flexibility index (Phi) is 6.76. The van der Waals surface area contributed by atoms with Gasteiger partial charge in [-0.05, 0) is 44.0 Å². The number of amides is 2. The Morgan fingerprint density at radius 2 is 1.68 bits per heavy atom. The van der Waals surface area contributed by atoms with Gasteiger partial charge in [-0.1, -0.05) is 36.8 Å². The van der Waals surface area contributed by atoms with Crippen LogP contribution in [-0.4, -0.2) is 47.3 Å². The Morgan fingerprint density at radius 1 is 1.06 bits per heavy atom. The van der Waals surface area contributed by atoms with Crippen molar-refractivity contribution in [3.63, 3.8) is 0 Å². The molecule has 0 fully saturated rings. The van der Waals surface area contributed by atoms with Crippen molar-refractivity contribution in [2.75, 3.05) is 6.61 Å². The van der Waals surface area contributed by atoms with E-state index in [1.54, 1.807) is 16.8 Å². The van der Waals surface area contributed by atoms with Crippen LogP contribution in [0.1, 0.15) is 44.1 Å². The van der Waals surface area contributed by atoms with Crippen LogP contribution >= 0.6 is 0 Å². The topological polar surface area (TPSA) is 90.7 Å². The number of benzene rings is 1. The first-order chi connectivity index (χ1) is 14.6. The second-order valence-electron chi connectivity index (χ2n) is 8.91. The van der Waals surface area contributed by atoms with E-state index in [4.69, 9.17) is 9.57 Å². The van der Waals surface area contributed by atoms with Gasteiger partial charge in [0.1, 0.15) is 6.73 Å². The van der Waals surface area contributed by atoms with Gasteiger partial charge in [-0.3, -0.25) is 9.59 Å². The van der Waals surface area contributed by atoms with E-state index in [1.807, 2.05) is 13.8 Å². The second kappa shape index (κ2) is 9.15. The Hall–Kier alpha value is -2.78. The molecule has 8 nitrogen and oxygen atoms in total. The van der Waals surface area contributed by atoms with Crippen LogP contribution in [-0.2, 0) is 27.5 Å². The van der Waals surface area contributed by atoms with Gasteiger partial charge in [0.05, 0.1) is 23.2 Å². The third-order valence-corrected chi connectivity index (χ3v) is 6.97. The largest absolute Gasteiger partial charge is 0.360 e. The van der Waals surface area contributed by atoms with E-state index < -0.39 is 25.9 Å². The van der Waals surface area contributed by atoms with E-state index in [-0.39, 0.29) is 17.5 Å². The summed E-state index contributed by atoms with van der Waals surface area (Å²) in [4.78, 5) is 42.1. The number of hydrogen-bond acceptors (Lipinski definition) is 6. The molecule has 1 aromatic heterocycles. The molecule has 0 unspecified atom stereocenters. The predicted octanol–water partition coefficient (Wildman–Crippen LogP) is 3.50. The lowest BCUT2D eigenvalue weighted by Gasteiger charge is -2.15. The van der Waals surface area contributed by atoms with Crippen LogP contribution in [0.3, 0.4) is 0 Å². The van der Waals surface area contributed by atoms with Gasteiger partial charge < -0.3 is 9.57 Å². The number of imide groups is 1. The highest BCUT2D eigenvalue weighted by atomic mass is 28.3. The summed E-state index contributed by atoms with van der Waals surface area (Å²) in [7, 11) is -1.14. The molecule has 0 atom stereocenters. The summed E-state index contributed by atoms with van der Waals surface area (Å²) in [6.45, 7) is 11.8. The number of fused-ring (bicyclic) bond motifs is 1. The molecular weight excluding hydrogens is 414 g/mol. The third kappa shape index (κ3) is 5.29. The van der Waals surface area contributed by atoms with Crippen LogP contribution in [0.15, 0.2) is 24.3 Å². The first-order valence-corrected chi connectivity index (χ1v) is 14.1. The average molecular weight is 444 g/mol. The van der Waals surface area contributed by atoms with Crippen LogP contribution in [0.5, 0.6) is 0 Å². The maximum absolute atomic E-state index is 12.3. The van der Waals surface area contributed by atoms with E-state index in [1.165, 1.54) is 12.1 Å². The monoisotopic (exact) mass is 443 g/mol. The average Bonchev–Trinajstić information content (AvgIpc) is 3.11. The minimum atomic E-state index is -1.14. The summed E-state index contributed by atoms with van der Waals surface area (Å²) in [5.41, 5.74) is 3.16. The first-order valence-electron chi connectivity index (χ1n) is 10.4. The zero-order valence-corrected chi connectivity index (χ0v) is 19.7. The first kappa shape index (κ1) is 22.9. The van der Waals surface area contributed by atoms with E-state index in [2.05, 4.69) is 24.7 Å². The Balaban J connectivity index is 1.54. The van der Waals surface area contributed by atoms with Crippen molar-refractivity contribution in [2.45, 2.75) is 59.1 Å². The summed E-state index contributed by atoms with van der Waals surface area (Å²) in [5.74, 6) is -1.89.